The van der Waals surface area contributed by atoms with Crippen molar-refractivity contribution in [2.24, 2.45) is 0 Å². The molecule has 0 amide bonds. The molecule has 166 valence electrons. The fourth-order valence-electron chi connectivity index (χ4n) is 4.62. The lowest BCUT2D eigenvalue weighted by Crippen LogP contribution is -2.41. The molecule has 1 aliphatic rings. The van der Waals surface area contributed by atoms with Crippen LogP contribution in [0.15, 0.2) is 91.0 Å². The Morgan fingerprint density at radius 1 is 0.594 bits per heavy atom. The maximum Gasteiger partial charge on any atom is 0.457 e. The first-order valence-corrected chi connectivity index (χ1v) is 13.7. The van der Waals surface area contributed by atoms with Gasteiger partial charge in [0.15, 0.2) is 0 Å². The van der Waals surface area contributed by atoms with E-state index < -0.39 is 7.26 Å². The van der Waals surface area contributed by atoms with Crippen LogP contribution in [0.25, 0.3) is 0 Å². The van der Waals surface area contributed by atoms with Crippen LogP contribution < -0.4 is 15.9 Å². The van der Waals surface area contributed by atoms with Crippen LogP contribution in [0.2, 0.25) is 6.32 Å². The fraction of sp³-hybridized carbons (Fsp3) is 0.357. The molecule has 4 rings (SSSR count). The summed E-state index contributed by atoms with van der Waals surface area (Å²) >= 11 is 0. The molecule has 0 unspecified atom stereocenters. The summed E-state index contributed by atoms with van der Waals surface area (Å²) in [6, 6.07) is 33.4. The summed E-state index contributed by atoms with van der Waals surface area (Å²) in [5.74, 6) is 0. The van der Waals surface area contributed by atoms with E-state index in [1.54, 1.807) is 0 Å². The molecule has 0 aliphatic carbocycles. The highest BCUT2D eigenvalue weighted by Crippen LogP contribution is 2.56. The van der Waals surface area contributed by atoms with Crippen molar-refractivity contribution in [3.63, 3.8) is 0 Å². The predicted molar refractivity (Wildman–Crippen MR) is 140 cm³/mol. The molecule has 0 bridgehead atoms. The van der Waals surface area contributed by atoms with Gasteiger partial charge in [-0.25, -0.2) is 0 Å². The van der Waals surface area contributed by atoms with Crippen molar-refractivity contribution in [2.75, 3.05) is 6.16 Å². The summed E-state index contributed by atoms with van der Waals surface area (Å²) in [6.45, 7) is 8.51. The van der Waals surface area contributed by atoms with Gasteiger partial charge in [-0.05, 0) is 76.8 Å². The lowest BCUT2D eigenvalue weighted by atomic mass is 9.82. The first kappa shape index (κ1) is 23.2. The minimum Gasteiger partial charge on any atom is -0.403 e. The van der Waals surface area contributed by atoms with Crippen LogP contribution >= 0.6 is 7.26 Å². The Hall–Kier alpha value is -1.93. The molecule has 1 aliphatic heterocycles. The standard InChI is InChI=1S/C28H35BO2P/c1-27(2)28(3,4)31-29(30-27)22-14-15-23-32(24-16-8-5-9-17-24,25-18-10-6-11-19-25)26-20-12-7-13-21-26/h5-13,16-21H,14-15,22-23H2,1-4H3/q+1. The number of hydrogen-bond donors (Lipinski definition) is 0. The summed E-state index contributed by atoms with van der Waals surface area (Å²) < 4.78 is 12.5. The van der Waals surface area contributed by atoms with Crippen LogP contribution in [0.5, 0.6) is 0 Å². The van der Waals surface area contributed by atoms with Crippen molar-refractivity contribution < 1.29 is 9.31 Å². The van der Waals surface area contributed by atoms with Gasteiger partial charge in [0, 0.05) is 0 Å². The van der Waals surface area contributed by atoms with Gasteiger partial charge in [-0.1, -0.05) is 61.0 Å². The van der Waals surface area contributed by atoms with Gasteiger partial charge in [0.05, 0.1) is 17.4 Å². The molecule has 0 atom stereocenters. The highest BCUT2D eigenvalue weighted by molar-refractivity contribution is 7.95. The molecule has 1 heterocycles. The van der Waals surface area contributed by atoms with Gasteiger partial charge >= 0.3 is 7.12 Å². The quantitative estimate of drug-likeness (QED) is 0.246. The molecule has 0 aromatic heterocycles. The maximum atomic E-state index is 6.24. The Morgan fingerprint density at radius 2 is 0.969 bits per heavy atom. The van der Waals surface area contributed by atoms with Crippen molar-refractivity contribution in [1.82, 2.24) is 0 Å². The molecule has 0 radical (unpaired) electrons. The molecule has 3 aromatic rings. The van der Waals surface area contributed by atoms with Crippen LogP contribution in [-0.2, 0) is 9.31 Å². The van der Waals surface area contributed by atoms with E-state index in [4.69, 9.17) is 9.31 Å². The van der Waals surface area contributed by atoms with Crippen molar-refractivity contribution >= 4 is 30.3 Å². The number of unbranched alkanes of at least 4 members (excludes halogenated alkanes) is 1. The molecule has 0 N–H and O–H groups in total. The number of benzene rings is 3. The zero-order valence-corrected chi connectivity index (χ0v) is 20.7. The molecule has 1 saturated heterocycles. The lowest BCUT2D eigenvalue weighted by molar-refractivity contribution is 0.00578. The van der Waals surface area contributed by atoms with E-state index in [-0.39, 0.29) is 18.3 Å². The molecular formula is C28H35BO2P+. The normalized spacial score (nSPS) is 17.4. The third-order valence-corrected chi connectivity index (χ3v) is 11.6. The second-order valence-corrected chi connectivity index (χ2v) is 13.3. The molecule has 1 fully saturated rings. The van der Waals surface area contributed by atoms with Crippen molar-refractivity contribution in [3.8, 4) is 0 Å². The van der Waals surface area contributed by atoms with Crippen molar-refractivity contribution in [2.45, 2.75) is 58.1 Å². The SMILES string of the molecule is CC1(C)OB(CCCC[P+](c2ccccc2)(c2ccccc2)c2ccccc2)OC1(C)C. The first-order chi connectivity index (χ1) is 15.4. The first-order valence-electron chi connectivity index (χ1n) is 11.8. The maximum absolute atomic E-state index is 6.24. The summed E-state index contributed by atoms with van der Waals surface area (Å²) in [7, 11) is -1.86. The smallest absolute Gasteiger partial charge is 0.403 e. The molecule has 3 aromatic carbocycles. The van der Waals surface area contributed by atoms with Crippen molar-refractivity contribution in [3.05, 3.63) is 91.0 Å². The van der Waals surface area contributed by atoms with Gasteiger partial charge in [0.1, 0.15) is 23.2 Å². The van der Waals surface area contributed by atoms with Gasteiger partial charge in [-0.3, -0.25) is 0 Å². The van der Waals surface area contributed by atoms with Gasteiger partial charge in [-0.2, -0.15) is 0 Å². The van der Waals surface area contributed by atoms with E-state index in [0.717, 1.165) is 25.3 Å². The second kappa shape index (κ2) is 9.52. The summed E-state index contributed by atoms with van der Waals surface area (Å²) in [6.07, 6.45) is 4.30. The molecule has 32 heavy (non-hydrogen) atoms. The van der Waals surface area contributed by atoms with Crippen LogP contribution in [0.1, 0.15) is 40.5 Å². The average Bonchev–Trinajstić information content (AvgIpc) is 3.02. The highest BCUT2D eigenvalue weighted by Gasteiger charge is 2.51. The van der Waals surface area contributed by atoms with E-state index in [1.165, 1.54) is 15.9 Å². The van der Waals surface area contributed by atoms with E-state index in [9.17, 15) is 0 Å². The highest BCUT2D eigenvalue weighted by atomic mass is 31.2. The zero-order chi connectivity index (χ0) is 22.7. The van der Waals surface area contributed by atoms with E-state index in [0.29, 0.717) is 0 Å². The van der Waals surface area contributed by atoms with E-state index >= 15 is 0 Å². The summed E-state index contributed by atoms with van der Waals surface area (Å²) in [5, 5.41) is 4.36. The minimum absolute atomic E-state index is 0.113. The molecule has 0 saturated carbocycles. The van der Waals surface area contributed by atoms with Crippen LogP contribution in [-0.4, -0.2) is 24.5 Å². The Morgan fingerprint density at radius 3 is 1.34 bits per heavy atom. The fourth-order valence-corrected chi connectivity index (χ4v) is 9.04. The summed E-state index contributed by atoms with van der Waals surface area (Å²) in [4.78, 5) is 0. The molecule has 4 heteroatoms. The number of rotatable bonds is 8. The number of hydrogen-bond acceptors (Lipinski definition) is 2. The Bertz CT molecular complexity index is 877. The molecule has 0 spiro atoms. The summed E-state index contributed by atoms with van der Waals surface area (Å²) in [5.41, 5.74) is -0.515. The lowest BCUT2D eigenvalue weighted by Gasteiger charge is -2.32. The van der Waals surface area contributed by atoms with E-state index in [2.05, 4.69) is 119 Å². The topological polar surface area (TPSA) is 18.5 Å². The van der Waals surface area contributed by atoms with Crippen molar-refractivity contribution in [1.29, 1.82) is 0 Å². The Kier molecular flexibility index (Phi) is 6.91. The molecule has 2 nitrogen and oxygen atoms in total. The zero-order valence-electron chi connectivity index (χ0n) is 19.8. The van der Waals surface area contributed by atoms with Crippen LogP contribution in [0, 0.1) is 0 Å². The Balaban J connectivity index is 1.59. The average molecular weight is 445 g/mol. The van der Waals surface area contributed by atoms with Gasteiger partial charge in [0.25, 0.3) is 0 Å². The third kappa shape index (κ3) is 4.57. The molecular weight excluding hydrogens is 410 g/mol. The van der Waals surface area contributed by atoms with Gasteiger partial charge in [0.2, 0.25) is 0 Å². The van der Waals surface area contributed by atoms with E-state index in [1.807, 2.05) is 0 Å². The largest absolute Gasteiger partial charge is 0.457 e. The minimum atomic E-state index is -1.75. The van der Waals surface area contributed by atoms with Crippen LogP contribution in [0.3, 0.4) is 0 Å². The second-order valence-electron chi connectivity index (χ2n) is 9.72. The monoisotopic (exact) mass is 445 g/mol. The predicted octanol–water partition coefficient (Wildman–Crippen LogP) is 5.85. The van der Waals surface area contributed by atoms with Gasteiger partial charge in [-0.15, -0.1) is 0 Å². The van der Waals surface area contributed by atoms with Gasteiger partial charge < -0.3 is 9.31 Å². The Labute approximate surface area is 194 Å². The van der Waals surface area contributed by atoms with Crippen LogP contribution in [0.4, 0.5) is 0 Å². The third-order valence-electron chi connectivity index (χ3n) is 7.08.